The number of nitrogens with zero attached hydrogens (tertiary/aromatic N) is 2. The average molecular weight is 394 g/mol. The quantitative estimate of drug-likeness (QED) is 0.772. The van der Waals surface area contributed by atoms with Gasteiger partial charge in [-0.3, -0.25) is 4.79 Å². The lowest BCUT2D eigenvalue weighted by Crippen LogP contribution is -2.26. The number of nitrogens with one attached hydrogen (secondary N) is 1. The maximum Gasteiger partial charge on any atom is 0.295 e. The summed E-state index contributed by atoms with van der Waals surface area (Å²) in [6, 6.07) is 6.30. The highest BCUT2D eigenvalue weighted by atomic mass is 16.3. The molecule has 1 aliphatic carbocycles. The number of carbonyl (C=O) groups excluding carboxylic acids is 1. The molecule has 2 aliphatic rings. The summed E-state index contributed by atoms with van der Waals surface area (Å²) in [6.07, 6.45) is 4.67. The van der Waals surface area contributed by atoms with Gasteiger partial charge in [-0.2, -0.15) is 0 Å². The van der Waals surface area contributed by atoms with Crippen LogP contribution in [0.3, 0.4) is 0 Å². The van der Waals surface area contributed by atoms with Crippen LogP contribution in [0.25, 0.3) is 10.9 Å². The number of amides is 1. The first-order valence-corrected chi connectivity index (χ1v) is 10.5. The van der Waals surface area contributed by atoms with Crippen molar-refractivity contribution in [1.82, 2.24) is 10.3 Å². The molecule has 1 aromatic carbocycles. The van der Waals surface area contributed by atoms with E-state index >= 15 is 0 Å². The fraction of sp³-hybridized carbons (Fsp3) is 0.542. The van der Waals surface area contributed by atoms with Crippen molar-refractivity contribution in [3.8, 4) is 0 Å². The normalized spacial score (nSPS) is 25.2. The van der Waals surface area contributed by atoms with E-state index in [4.69, 9.17) is 4.98 Å². The smallest absolute Gasteiger partial charge is 0.295 e. The number of pyridine rings is 1. The van der Waals surface area contributed by atoms with Crippen molar-refractivity contribution in [2.75, 3.05) is 6.54 Å². The second kappa shape index (κ2) is 6.99. The first-order chi connectivity index (χ1) is 13.5. The summed E-state index contributed by atoms with van der Waals surface area (Å²) >= 11 is 0. The molecule has 1 amide bonds. The van der Waals surface area contributed by atoms with Gasteiger partial charge in [0, 0.05) is 24.2 Å². The van der Waals surface area contributed by atoms with Crippen LogP contribution >= 0.6 is 0 Å². The van der Waals surface area contributed by atoms with Gasteiger partial charge in [0.25, 0.3) is 5.91 Å². The van der Waals surface area contributed by atoms with E-state index < -0.39 is 5.60 Å². The third kappa shape index (κ3) is 4.26. The molecule has 5 heteroatoms. The first kappa shape index (κ1) is 20.2. The maximum absolute atomic E-state index is 12.8. The molecule has 1 aromatic heterocycles. The molecule has 2 atom stereocenters. The standard InChI is InChI=1S/C24H31N3O2/c1-14-8-20(22(28)25-12-17-11-24(5,29)13-26-17)27-21-18(14)9-16(15-6-7-15)10-19(21)23(2,3)4/h8-10,12,15,17,26,29H,6-7,11,13H2,1-5H3/t17-,24-/m0/s1. The third-order valence-electron chi connectivity index (χ3n) is 5.99. The first-order valence-electron chi connectivity index (χ1n) is 10.5. The molecule has 2 fully saturated rings. The molecule has 5 nitrogen and oxygen atoms in total. The number of rotatable bonds is 3. The van der Waals surface area contributed by atoms with Crippen molar-refractivity contribution < 1.29 is 9.90 Å². The molecule has 1 aliphatic heterocycles. The van der Waals surface area contributed by atoms with E-state index in [1.54, 1.807) is 13.1 Å². The second-order valence-electron chi connectivity index (χ2n) is 10.1. The Balaban J connectivity index is 1.71. The molecule has 0 radical (unpaired) electrons. The number of aryl methyl sites for hydroxylation is 1. The van der Waals surface area contributed by atoms with Gasteiger partial charge in [0.05, 0.1) is 11.1 Å². The Bertz CT molecular complexity index is 997. The van der Waals surface area contributed by atoms with Gasteiger partial charge in [0.15, 0.2) is 0 Å². The molecule has 2 N–H and O–H groups in total. The lowest BCUT2D eigenvalue weighted by atomic mass is 9.83. The molecular weight excluding hydrogens is 362 g/mol. The van der Waals surface area contributed by atoms with Gasteiger partial charge >= 0.3 is 0 Å². The summed E-state index contributed by atoms with van der Waals surface area (Å²) in [4.78, 5) is 21.7. The van der Waals surface area contributed by atoms with Crippen molar-refractivity contribution in [2.24, 2.45) is 4.99 Å². The number of hydrogen-bond acceptors (Lipinski definition) is 4. The zero-order chi connectivity index (χ0) is 21.0. The number of β-amino-alcohol motifs (C(OH)–C–C–N with tert-alkyl or cyclic N) is 1. The number of aromatic nitrogens is 1. The van der Waals surface area contributed by atoms with E-state index in [0.717, 1.165) is 16.5 Å². The topological polar surface area (TPSA) is 74.6 Å². The van der Waals surface area contributed by atoms with Crippen LogP contribution in [0.5, 0.6) is 0 Å². The Morgan fingerprint density at radius 2 is 2.03 bits per heavy atom. The molecule has 29 heavy (non-hydrogen) atoms. The predicted octanol–water partition coefficient (Wildman–Crippen LogP) is 4.04. The number of aliphatic hydroxyl groups is 1. The van der Waals surface area contributed by atoms with Gasteiger partial charge in [-0.15, -0.1) is 0 Å². The highest BCUT2D eigenvalue weighted by Crippen LogP contribution is 2.43. The average Bonchev–Trinajstić information content (AvgIpc) is 3.42. The van der Waals surface area contributed by atoms with E-state index in [2.05, 4.69) is 43.2 Å². The highest BCUT2D eigenvalue weighted by molar-refractivity contribution is 6.01. The van der Waals surface area contributed by atoms with Gasteiger partial charge in [-0.05, 0) is 73.3 Å². The Hall–Kier alpha value is -2.11. The minimum Gasteiger partial charge on any atom is -0.389 e. The van der Waals surface area contributed by atoms with Crippen LogP contribution in [0.4, 0.5) is 0 Å². The molecule has 1 saturated carbocycles. The predicted molar refractivity (Wildman–Crippen MR) is 117 cm³/mol. The molecule has 1 saturated heterocycles. The van der Waals surface area contributed by atoms with Gasteiger partial charge in [0.2, 0.25) is 0 Å². The van der Waals surface area contributed by atoms with Crippen molar-refractivity contribution in [3.63, 3.8) is 0 Å². The third-order valence-corrected chi connectivity index (χ3v) is 5.99. The Morgan fingerprint density at radius 1 is 1.31 bits per heavy atom. The number of benzene rings is 1. The van der Waals surface area contributed by atoms with Gasteiger partial charge in [0.1, 0.15) is 5.69 Å². The summed E-state index contributed by atoms with van der Waals surface area (Å²) < 4.78 is 0. The van der Waals surface area contributed by atoms with Crippen molar-refractivity contribution in [2.45, 2.75) is 76.9 Å². The van der Waals surface area contributed by atoms with E-state index in [0.29, 0.717) is 24.6 Å². The zero-order valence-corrected chi connectivity index (χ0v) is 18.0. The fourth-order valence-corrected chi connectivity index (χ4v) is 4.15. The molecule has 4 rings (SSSR count). The molecule has 2 aromatic rings. The highest BCUT2D eigenvalue weighted by Gasteiger charge is 2.32. The minimum absolute atomic E-state index is 0.0626. The summed E-state index contributed by atoms with van der Waals surface area (Å²) in [7, 11) is 0. The minimum atomic E-state index is -0.752. The lowest BCUT2D eigenvalue weighted by Gasteiger charge is -2.23. The van der Waals surface area contributed by atoms with E-state index in [1.165, 1.54) is 24.0 Å². The Morgan fingerprint density at radius 3 is 2.62 bits per heavy atom. The molecular formula is C24H31N3O2. The lowest BCUT2D eigenvalue weighted by molar-refractivity contribution is 0.0808. The Labute approximate surface area is 172 Å². The molecule has 0 unspecified atom stereocenters. The van der Waals surface area contributed by atoms with E-state index in [1.807, 2.05) is 13.0 Å². The van der Waals surface area contributed by atoms with Crippen molar-refractivity contribution in [1.29, 1.82) is 0 Å². The molecule has 0 spiro atoms. The number of hydrogen-bond donors (Lipinski definition) is 2. The zero-order valence-electron chi connectivity index (χ0n) is 18.0. The van der Waals surface area contributed by atoms with Crippen LogP contribution in [0.1, 0.15) is 80.1 Å². The van der Waals surface area contributed by atoms with Crippen LogP contribution in [0.15, 0.2) is 23.2 Å². The SMILES string of the molecule is Cc1cc(C(=O)N=C[C@@H]2C[C@](C)(O)CN2)nc2c(C(C)(C)C)cc(C3CC3)cc12. The summed E-state index contributed by atoms with van der Waals surface area (Å²) in [5.74, 6) is 0.330. The maximum atomic E-state index is 12.8. The molecule has 154 valence electrons. The van der Waals surface area contributed by atoms with Crippen LogP contribution in [-0.2, 0) is 5.41 Å². The van der Waals surface area contributed by atoms with Gasteiger partial charge in [-0.1, -0.05) is 26.8 Å². The van der Waals surface area contributed by atoms with Crippen LogP contribution in [-0.4, -0.2) is 40.4 Å². The number of aliphatic imine (C=N–C) groups is 1. The van der Waals surface area contributed by atoms with E-state index in [-0.39, 0.29) is 17.4 Å². The van der Waals surface area contributed by atoms with Crippen molar-refractivity contribution in [3.05, 3.63) is 40.6 Å². The summed E-state index contributed by atoms with van der Waals surface area (Å²) in [5, 5.41) is 14.4. The molecule has 0 bridgehead atoms. The monoisotopic (exact) mass is 393 g/mol. The van der Waals surface area contributed by atoms with Crippen LogP contribution in [0.2, 0.25) is 0 Å². The Kier molecular flexibility index (Phi) is 4.87. The van der Waals surface area contributed by atoms with E-state index in [9.17, 15) is 9.90 Å². The largest absolute Gasteiger partial charge is 0.389 e. The number of fused-ring (bicyclic) bond motifs is 1. The number of carbonyl (C=O) groups is 1. The fourth-order valence-electron chi connectivity index (χ4n) is 4.15. The van der Waals surface area contributed by atoms with Crippen molar-refractivity contribution >= 4 is 23.0 Å². The molecule has 2 heterocycles. The summed E-state index contributed by atoms with van der Waals surface area (Å²) in [5.41, 5.74) is 4.10. The van der Waals surface area contributed by atoms with Gasteiger partial charge in [-0.25, -0.2) is 9.98 Å². The van der Waals surface area contributed by atoms with Crippen LogP contribution in [0, 0.1) is 6.92 Å². The van der Waals surface area contributed by atoms with Gasteiger partial charge < -0.3 is 10.4 Å². The van der Waals surface area contributed by atoms with Crippen LogP contribution < -0.4 is 5.32 Å². The second-order valence-corrected chi connectivity index (χ2v) is 10.1. The summed E-state index contributed by atoms with van der Waals surface area (Å²) in [6.45, 7) is 10.9.